The van der Waals surface area contributed by atoms with Gasteiger partial charge >= 0.3 is 5.97 Å². The van der Waals surface area contributed by atoms with Crippen LogP contribution in [0.5, 0.6) is 0 Å². The van der Waals surface area contributed by atoms with Crippen LogP contribution in [0.15, 0.2) is 53.3 Å². The van der Waals surface area contributed by atoms with Crippen molar-refractivity contribution in [3.8, 4) is 11.5 Å². The Morgan fingerprint density at radius 2 is 1.65 bits per heavy atom. The molecule has 6 heteroatoms. The number of rotatable bonds is 2. The maximum Gasteiger partial charge on any atom is 0.338 e. The molecule has 0 bridgehead atoms. The number of fused-ring (bicyclic) bond motifs is 2. The Labute approximate surface area is 129 Å². The molecule has 0 saturated carbocycles. The molecule has 0 aliphatic heterocycles. The third-order valence-corrected chi connectivity index (χ3v) is 3.77. The van der Waals surface area contributed by atoms with Gasteiger partial charge in [0.15, 0.2) is 5.82 Å². The fourth-order valence-corrected chi connectivity index (χ4v) is 2.75. The number of nitrogens with zero attached hydrogens (tertiary/aromatic N) is 1. The standard InChI is InChI=1S/C17H11N3O3/c21-16-10-6-2-4-8-12(10)19-15(20-16)14-13(17(22)23)9-5-1-3-7-11(9)18-14/h1-8,18H,(H,22,23)(H,19,20,21). The molecular formula is C17H11N3O3. The van der Waals surface area contributed by atoms with E-state index in [1.54, 1.807) is 42.5 Å². The third-order valence-electron chi connectivity index (χ3n) is 3.77. The first-order valence-corrected chi connectivity index (χ1v) is 6.98. The number of carboxylic acids is 1. The molecule has 0 spiro atoms. The molecule has 0 aliphatic rings. The highest BCUT2D eigenvalue weighted by atomic mass is 16.4. The molecule has 0 saturated heterocycles. The minimum absolute atomic E-state index is 0.0963. The quantitative estimate of drug-likeness (QED) is 0.530. The number of benzene rings is 2. The van der Waals surface area contributed by atoms with Crippen molar-refractivity contribution in [2.45, 2.75) is 0 Å². The molecule has 0 aliphatic carbocycles. The van der Waals surface area contributed by atoms with Gasteiger partial charge in [0.05, 0.1) is 22.2 Å². The smallest absolute Gasteiger partial charge is 0.338 e. The van der Waals surface area contributed by atoms with Crippen LogP contribution in [0.25, 0.3) is 33.3 Å². The second kappa shape index (κ2) is 4.81. The molecule has 3 N–H and O–H groups in total. The highest BCUT2D eigenvalue weighted by Gasteiger charge is 2.20. The fourth-order valence-electron chi connectivity index (χ4n) is 2.75. The van der Waals surface area contributed by atoms with Crippen molar-refractivity contribution >= 4 is 27.8 Å². The van der Waals surface area contributed by atoms with Crippen molar-refractivity contribution in [1.82, 2.24) is 15.0 Å². The van der Waals surface area contributed by atoms with Gasteiger partial charge in [0.2, 0.25) is 0 Å². The van der Waals surface area contributed by atoms with Crippen LogP contribution >= 0.6 is 0 Å². The van der Waals surface area contributed by atoms with E-state index in [4.69, 9.17) is 0 Å². The molecule has 0 atom stereocenters. The minimum atomic E-state index is -1.08. The lowest BCUT2D eigenvalue weighted by molar-refractivity contribution is 0.0700. The molecule has 0 radical (unpaired) electrons. The van der Waals surface area contributed by atoms with Crippen LogP contribution in [0.2, 0.25) is 0 Å². The average Bonchev–Trinajstić information content (AvgIpc) is 2.94. The number of nitrogens with one attached hydrogen (secondary N) is 2. The number of aromatic amines is 2. The molecule has 2 aromatic heterocycles. The van der Waals surface area contributed by atoms with E-state index in [0.29, 0.717) is 27.5 Å². The molecular weight excluding hydrogens is 294 g/mol. The van der Waals surface area contributed by atoms with Crippen molar-refractivity contribution in [2.24, 2.45) is 0 Å². The molecule has 2 heterocycles. The van der Waals surface area contributed by atoms with Crippen LogP contribution in [-0.4, -0.2) is 26.0 Å². The summed E-state index contributed by atoms with van der Waals surface area (Å²) >= 11 is 0. The van der Waals surface area contributed by atoms with Gasteiger partial charge in [0, 0.05) is 10.9 Å². The summed E-state index contributed by atoms with van der Waals surface area (Å²) in [4.78, 5) is 34.0. The maximum absolute atomic E-state index is 12.2. The van der Waals surface area contributed by atoms with Crippen molar-refractivity contribution < 1.29 is 9.90 Å². The predicted octanol–water partition coefficient (Wildman–Crippen LogP) is 2.77. The van der Waals surface area contributed by atoms with Gasteiger partial charge in [-0.1, -0.05) is 30.3 Å². The zero-order valence-electron chi connectivity index (χ0n) is 11.8. The number of carboxylic acid groups (broad SMARTS) is 1. The van der Waals surface area contributed by atoms with Gasteiger partial charge in [0.25, 0.3) is 5.56 Å². The van der Waals surface area contributed by atoms with Gasteiger partial charge in [-0.3, -0.25) is 4.79 Å². The molecule has 0 amide bonds. The van der Waals surface area contributed by atoms with E-state index in [1.165, 1.54) is 0 Å². The number of H-pyrrole nitrogens is 2. The molecule has 0 unspecified atom stereocenters. The fraction of sp³-hybridized carbons (Fsp3) is 0. The molecule has 2 aromatic carbocycles. The van der Waals surface area contributed by atoms with E-state index in [9.17, 15) is 14.7 Å². The largest absolute Gasteiger partial charge is 0.478 e. The summed E-state index contributed by atoms with van der Waals surface area (Å²) in [6, 6.07) is 14.0. The molecule has 112 valence electrons. The minimum Gasteiger partial charge on any atom is -0.478 e. The zero-order valence-corrected chi connectivity index (χ0v) is 11.8. The number of hydrogen-bond donors (Lipinski definition) is 3. The van der Waals surface area contributed by atoms with Gasteiger partial charge in [-0.15, -0.1) is 0 Å². The Morgan fingerprint density at radius 3 is 2.43 bits per heavy atom. The van der Waals surface area contributed by atoms with Gasteiger partial charge in [0.1, 0.15) is 0 Å². The number of para-hydroxylation sites is 2. The second-order valence-electron chi connectivity index (χ2n) is 5.16. The summed E-state index contributed by atoms with van der Waals surface area (Å²) in [5.74, 6) is -0.865. The lowest BCUT2D eigenvalue weighted by atomic mass is 10.1. The highest BCUT2D eigenvalue weighted by molar-refractivity contribution is 6.09. The Morgan fingerprint density at radius 1 is 0.957 bits per heavy atom. The number of aromatic nitrogens is 3. The summed E-state index contributed by atoms with van der Waals surface area (Å²) < 4.78 is 0. The summed E-state index contributed by atoms with van der Waals surface area (Å²) in [5, 5.41) is 10.6. The van der Waals surface area contributed by atoms with E-state index in [2.05, 4.69) is 15.0 Å². The van der Waals surface area contributed by atoms with Crippen molar-refractivity contribution in [3.05, 3.63) is 64.4 Å². The molecule has 4 aromatic rings. The van der Waals surface area contributed by atoms with Crippen LogP contribution in [0.3, 0.4) is 0 Å². The summed E-state index contributed by atoms with van der Waals surface area (Å²) in [6.45, 7) is 0. The van der Waals surface area contributed by atoms with Crippen LogP contribution in [-0.2, 0) is 0 Å². The summed E-state index contributed by atoms with van der Waals surface area (Å²) in [6.07, 6.45) is 0. The first kappa shape index (κ1) is 13.3. The van der Waals surface area contributed by atoms with Gasteiger partial charge in [-0.2, -0.15) is 0 Å². The van der Waals surface area contributed by atoms with E-state index in [1.807, 2.05) is 6.07 Å². The highest BCUT2D eigenvalue weighted by Crippen LogP contribution is 2.28. The molecule has 6 nitrogen and oxygen atoms in total. The van der Waals surface area contributed by atoms with E-state index in [0.717, 1.165) is 0 Å². The first-order chi connectivity index (χ1) is 11.1. The van der Waals surface area contributed by atoms with Crippen LogP contribution < -0.4 is 5.56 Å². The van der Waals surface area contributed by atoms with Gasteiger partial charge < -0.3 is 15.1 Å². The van der Waals surface area contributed by atoms with Crippen molar-refractivity contribution in [3.63, 3.8) is 0 Å². The monoisotopic (exact) mass is 305 g/mol. The van der Waals surface area contributed by atoms with E-state index in [-0.39, 0.29) is 16.9 Å². The van der Waals surface area contributed by atoms with E-state index < -0.39 is 5.97 Å². The molecule has 0 fully saturated rings. The summed E-state index contributed by atoms with van der Waals surface area (Å²) in [7, 11) is 0. The zero-order chi connectivity index (χ0) is 16.0. The SMILES string of the molecule is O=C(O)c1c(-c2nc3ccccc3c(=O)[nH]2)[nH]c2ccccc12. The third kappa shape index (κ3) is 2.00. The van der Waals surface area contributed by atoms with Crippen molar-refractivity contribution in [1.29, 1.82) is 0 Å². The Balaban J connectivity index is 2.08. The van der Waals surface area contributed by atoms with Crippen molar-refractivity contribution in [2.75, 3.05) is 0 Å². The Bertz CT molecular complexity index is 1120. The normalized spacial score (nSPS) is 11.1. The van der Waals surface area contributed by atoms with Gasteiger partial charge in [-0.05, 0) is 18.2 Å². The average molecular weight is 305 g/mol. The van der Waals surface area contributed by atoms with Crippen LogP contribution in [0.4, 0.5) is 0 Å². The predicted molar refractivity (Wildman–Crippen MR) is 86.6 cm³/mol. The summed E-state index contributed by atoms with van der Waals surface area (Å²) in [5.41, 5.74) is 1.28. The molecule has 4 rings (SSSR count). The van der Waals surface area contributed by atoms with Crippen LogP contribution in [0, 0.1) is 0 Å². The van der Waals surface area contributed by atoms with E-state index >= 15 is 0 Å². The Kier molecular flexibility index (Phi) is 2.77. The first-order valence-electron chi connectivity index (χ1n) is 6.98. The molecule has 23 heavy (non-hydrogen) atoms. The second-order valence-corrected chi connectivity index (χ2v) is 5.16. The lowest BCUT2D eigenvalue weighted by Crippen LogP contribution is -2.10. The van der Waals surface area contributed by atoms with Crippen LogP contribution in [0.1, 0.15) is 10.4 Å². The topological polar surface area (TPSA) is 98.8 Å². The number of aromatic carboxylic acids is 1. The maximum atomic E-state index is 12.2. The lowest BCUT2D eigenvalue weighted by Gasteiger charge is -2.02. The number of hydrogen-bond acceptors (Lipinski definition) is 3. The van der Waals surface area contributed by atoms with Gasteiger partial charge in [-0.25, -0.2) is 9.78 Å². The Hall–Kier alpha value is -3.41. The number of carbonyl (C=O) groups is 1.